The summed E-state index contributed by atoms with van der Waals surface area (Å²) in [6.07, 6.45) is 2.38. The Morgan fingerprint density at radius 2 is 1.68 bits per heavy atom. The number of halogens is 2. The molecule has 19 heavy (non-hydrogen) atoms. The van der Waals surface area contributed by atoms with Crippen LogP contribution in [0.1, 0.15) is 19.3 Å². The summed E-state index contributed by atoms with van der Waals surface area (Å²) < 4.78 is 0. The van der Waals surface area contributed by atoms with E-state index < -0.39 is 0 Å². The second-order valence-electron chi connectivity index (χ2n) is 4.81. The van der Waals surface area contributed by atoms with Gasteiger partial charge in [-0.25, -0.2) is 9.69 Å². The van der Waals surface area contributed by atoms with Crippen LogP contribution in [-0.2, 0) is 4.79 Å². The number of imide groups is 1. The van der Waals surface area contributed by atoms with Crippen molar-refractivity contribution < 1.29 is 9.59 Å². The van der Waals surface area contributed by atoms with E-state index in [1.807, 2.05) is 0 Å². The highest BCUT2D eigenvalue weighted by Crippen LogP contribution is 2.33. The third-order valence-corrected chi connectivity index (χ3v) is 3.78. The SMILES string of the molecule is O=C1CCN(C2CC2)C(=O)N1c1cc(Cl)cc(Cl)c1. The van der Waals surface area contributed by atoms with Gasteiger partial charge in [0.25, 0.3) is 0 Å². The molecule has 0 aromatic heterocycles. The Morgan fingerprint density at radius 3 is 2.26 bits per heavy atom. The van der Waals surface area contributed by atoms with Gasteiger partial charge in [0.1, 0.15) is 0 Å². The topological polar surface area (TPSA) is 40.6 Å². The fraction of sp³-hybridized carbons (Fsp3) is 0.385. The maximum atomic E-state index is 12.4. The monoisotopic (exact) mass is 298 g/mol. The summed E-state index contributed by atoms with van der Waals surface area (Å²) in [7, 11) is 0. The van der Waals surface area contributed by atoms with E-state index in [0.29, 0.717) is 28.7 Å². The summed E-state index contributed by atoms with van der Waals surface area (Å²) in [4.78, 5) is 27.3. The molecular weight excluding hydrogens is 287 g/mol. The van der Waals surface area contributed by atoms with Gasteiger partial charge < -0.3 is 4.90 Å². The van der Waals surface area contributed by atoms with Crippen LogP contribution in [0.2, 0.25) is 10.0 Å². The highest BCUT2D eigenvalue weighted by Gasteiger charge is 2.40. The van der Waals surface area contributed by atoms with Gasteiger partial charge in [0.15, 0.2) is 0 Å². The normalized spacial score (nSPS) is 20.1. The first-order chi connectivity index (χ1) is 9.06. The zero-order valence-electron chi connectivity index (χ0n) is 10.1. The van der Waals surface area contributed by atoms with Crippen LogP contribution in [0.3, 0.4) is 0 Å². The first-order valence-electron chi connectivity index (χ1n) is 6.16. The van der Waals surface area contributed by atoms with Crippen molar-refractivity contribution in [3.63, 3.8) is 0 Å². The average molecular weight is 299 g/mol. The van der Waals surface area contributed by atoms with Gasteiger partial charge in [0, 0.05) is 29.1 Å². The molecule has 0 spiro atoms. The standard InChI is InChI=1S/C13H12Cl2N2O2/c14-8-5-9(15)7-11(6-8)17-12(18)3-4-16(13(17)19)10-1-2-10/h5-7,10H,1-4H2. The summed E-state index contributed by atoms with van der Waals surface area (Å²) in [5.74, 6) is -0.208. The van der Waals surface area contributed by atoms with Crippen molar-refractivity contribution in [1.29, 1.82) is 0 Å². The predicted molar refractivity (Wildman–Crippen MR) is 73.7 cm³/mol. The van der Waals surface area contributed by atoms with Crippen molar-refractivity contribution in [2.45, 2.75) is 25.3 Å². The summed E-state index contributed by atoms with van der Waals surface area (Å²) in [5, 5.41) is 0.818. The fourth-order valence-electron chi connectivity index (χ4n) is 2.31. The molecule has 0 bridgehead atoms. The van der Waals surface area contributed by atoms with Crippen molar-refractivity contribution >= 4 is 40.8 Å². The van der Waals surface area contributed by atoms with Crippen LogP contribution in [0.4, 0.5) is 10.5 Å². The first kappa shape index (κ1) is 12.8. The van der Waals surface area contributed by atoms with Gasteiger partial charge in [0.05, 0.1) is 5.69 Å². The van der Waals surface area contributed by atoms with Gasteiger partial charge in [-0.3, -0.25) is 4.79 Å². The summed E-state index contributed by atoms with van der Waals surface area (Å²) >= 11 is 11.9. The number of rotatable bonds is 2. The number of hydrogen-bond donors (Lipinski definition) is 0. The molecule has 3 rings (SSSR count). The highest BCUT2D eigenvalue weighted by atomic mass is 35.5. The summed E-state index contributed by atoms with van der Waals surface area (Å²) in [6.45, 7) is 0.507. The zero-order chi connectivity index (χ0) is 13.6. The quantitative estimate of drug-likeness (QED) is 0.840. The van der Waals surface area contributed by atoms with Crippen LogP contribution in [-0.4, -0.2) is 29.4 Å². The third-order valence-electron chi connectivity index (χ3n) is 3.35. The van der Waals surface area contributed by atoms with Crippen molar-refractivity contribution in [2.75, 3.05) is 11.4 Å². The number of hydrogen-bond acceptors (Lipinski definition) is 2. The minimum Gasteiger partial charge on any atom is -0.320 e. The van der Waals surface area contributed by atoms with Gasteiger partial charge in [-0.15, -0.1) is 0 Å². The first-order valence-corrected chi connectivity index (χ1v) is 6.91. The van der Waals surface area contributed by atoms with Gasteiger partial charge in [-0.05, 0) is 31.0 Å². The predicted octanol–water partition coefficient (Wildman–Crippen LogP) is 3.31. The Morgan fingerprint density at radius 1 is 1.05 bits per heavy atom. The van der Waals surface area contributed by atoms with Crippen molar-refractivity contribution in [3.8, 4) is 0 Å². The average Bonchev–Trinajstić information content (AvgIpc) is 3.12. The van der Waals surface area contributed by atoms with E-state index >= 15 is 0 Å². The minimum atomic E-state index is -0.267. The second kappa shape index (κ2) is 4.69. The number of urea groups is 1. The molecule has 0 radical (unpaired) electrons. The highest BCUT2D eigenvalue weighted by molar-refractivity contribution is 6.35. The van der Waals surface area contributed by atoms with Crippen LogP contribution >= 0.6 is 23.2 Å². The molecule has 4 nitrogen and oxygen atoms in total. The van der Waals surface area contributed by atoms with E-state index in [0.717, 1.165) is 12.8 Å². The zero-order valence-corrected chi connectivity index (χ0v) is 11.6. The molecular formula is C13H12Cl2N2O2. The van der Waals surface area contributed by atoms with Crippen molar-refractivity contribution in [1.82, 2.24) is 4.90 Å². The maximum Gasteiger partial charge on any atom is 0.331 e. The minimum absolute atomic E-state index is 0.208. The Hall–Kier alpha value is -1.26. The lowest BCUT2D eigenvalue weighted by Crippen LogP contribution is -2.53. The molecule has 0 N–H and O–H groups in total. The van der Waals surface area contributed by atoms with Crippen molar-refractivity contribution in [2.24, 2.45) is 0 Å². The van der Waals surface area contributed by atoms with Crippen LogP contribution in [0.15, 0.2) is 18.2 Å². The molecule has 2 aliphatic rings. The van der Waals surface area contributed by atoms with E-state index in [-0.39, 0.29) is 18.0 Å². The lowest BCUT2D eigenvalue weighted by Gasteiger charge is -2.34. The Bertz CT molecular complexity index is 537. The molecule has 1 saturated heterocycles. The Balaban J connectivity index is 1.95. The van der Waals surface area contributed by atoms with E-state index in [9.17, 15) is 9.59 Å². The van der Waals surface area contributed by atoms with E-state index in [4.69, 9.17) is 23.2 Å². The molecule has 0 atom stereocenters. The molecule has 1 aromatic carbocycles. The number of nitrogens with zero attached hydrogens (tertiary/aromatic N) is 2. The van der Waals surface area contributed by atoms with E-state index in [2.05, 4.69) is 0 Å². The molecule has 100 valence electrons. The number of benzene rings is 1. The molecule has 1 saturated carbocycles. The fourth-order valence-corrected chi connectivity index (χ4v) is 2.82. The molecule has 1 aliphatic heterocycles. The molecule has 6 heteroatoms. The van der Waals surface area contributed by atoms with Crippen LogP contribution < -0.4 is 4.90 Å². The third kappa shape index (κ3) is 2.42. The molecule has 1 heterocycles. The number of amides is 3. The maximum absolute atomic E-state index is 12.4. The Labute approximate surface area is 120 Å². The molecule has 0 unspecified atom stereocenters. The van der Waals surface area contributed by atoms with E-state index in [1.54, 1.807) is 23.1 Å². The molecule has 3 amide bonds. The van der Waals surface area contributed by atoms with Crippen LogP contribution in [0, 0.1) is 0 Å². The van der Waals surface area contributed by atoms with Gasteiger partial charge in [0.2, 0.25) is 5.91 Å². The summed E-state index contributed by atoms with van der Waals surface area (Å²) in [6, 6.07) is 4.76. The molecule has 2 fully saturated rings. The van der Waals surface area contributed by atoms with Gasteiger partial charge >= 0.3 is 6.03 Å². The summed E-state index contributed by atoms with van der Waals surface area (Å²) in [5.41, 5.74) is 0.442. The number of carbonyl (C=O) groups excluding carboxylic acids is 2. The molecule has 1 aliphatic carbocycles. The van der Waals surface area contributed by atoms with Crippen LogP contribution in [0.25, 0.3) is 0 Å². The van der Waals surface area contributed by atoms with Crippen LogP contribution in [0.5, 0.6) is 0 Å². The lowest BCUT2D eigenvalue weighted by atomic mass is 10.2. The van der Waals surface area contributed by atoms with Crippen molar-refractivity contribution in [3.05, 3.63) is 28.2 Å². The van der Waals surface area contributed by atoms with E-state index in [1.165, 1.54) is 4.90 Å². The van der Waals surface area contributed by atoms with Gasteiger partial charge in [-0.2, -0.15) is 0 Å². The number of carbonyl (C=O) groups is 2. The Kier molecular flexibility index (Phi) is 3.15. The number of anilines is 1. The largest absolute Gasteiger partial charge is 0.331 e. The second-order valence-corrected chi connectivity index (χ2v) is 5.69. The van der Waals surface area contributed by atoms with Gasteiger partial charge in [-0.1, -0.05) is 23.2 Å². The smallest absolute Gasteiger partial charge is 0.320 e. The lowest BCUT2D eigenvalue weighted by molar-refractivity contribution is -0.119. The molecule has 1 aromatic rings.